The van der Waals surface area contributed by atoms with Crippen molar-refractivity contribution in [1.29, 1.82) is 0 Å². The Hall–Kier alpha value is -1.16. The van der Waals surface area contributed by atoms with Gasteiger partial charge < -0.3 is 9.84 Å². The molecule has 0 radical (unpaired) electrons. The predicted molar refractivity (Wildman–Crippen MR) is 70.4 cm³/mol. The van der Waals surface area contributed by atoms with Crippen LogP contribution in [0.5, 0.6) is 0 Å². The molecule has 1 saturated carbocycles. The molecule has 4 nitrogen and oxygen atoms in total. The summed E-state index contributed by atoms with van der Waals surface area (Å²) in [5, 5.41) is 9.96. The number of ketones is 1. The van der Waals surface area contributed by atoms with Gasteiger partial charge in [-0.05, 0) is 26.2 Å². The van der Waals surface area contributed by atoms with Crippen LogP contribution in [-0.4, -0.2) is 28.1 Å². The monoisotopic (exact) mass is 266 g/mol. The van der Waals surface area contributed by atoms with Crippen molar-refractivity contribution in [3.63, 3.8) is 0 Å². The second-order valence-electron chi connectivity index (χ2n) is 6.00. The first-order valence-corrected chi connectivity index (χ1v) is 6.98. The molecular weight excluding hydrogens is 244 g/mol. The van der Waals surface area contributed by atoms with Crippen LogP contribution in [0.25, 0.3) is 0 Å². The van der Waals surface area contributed by atoms with E-state index in [2.05, 4.69) is 6.58 Å². The van der Waals surface area contributed by atoms with Crippen LogP contribution in [0.1, 0.15) is 46.5 Å². The molecule has 0 unspecified atom stereocenters. The molecule has 1 N–H and O–H groups in total. The fourth-order valence-corrected chi connectivity index (χ4v) is 3.62. The van der Waals surface area contributed by atoms with E-state index in [1.54, 1.807) is 0 Å². The van der Waals surface area contributed by atoms with Gasteiger partial charge in [0.15, 0.2) is 0 Å². The van der Waals surface area contributed by atoms with Crippen molar-refractivity contribution in [3.05, 3.63) is 12.2 Å². The van der Waals surface area contributed by atoms with Crippen molar-refractivity contribution in [3.8, 4) is 0 Å². The predicted octanol–water partition coefficient (Wildman–Crippen LogP) is 2.00. The fourth-order valence-electron chi connectivity index (χ4n) is 3.62. The van der Waals surface area contributed by atoms with E-state index < -0.39 is 23.0 Å². The molecule has 0 aromatic carbocycles. The third kappa shape index (κ3) is 1.76. The second kappa shape index (κ2) is 4.44. The minimum absolute atomic E-state index is 0.0581. The summed E-state index contributed by atoms with van der Waals surface area (Å²) in [6.45, 7) is 9.07. The van der Waals surface area contributed by atoms with Crippen molar-refractivity contribution in [2.45, 2.75) is 57.7 Å². The van der Waals surface area contributed by atoms with Crippen LogP contribution in [0.4, 0.5) is 0 Å². The average Bonchev–Trinajstić information content (AvgIpc) is 2.37. The largest absolute Gasteiger partial charge is 0.451 e. The molecule has 4 heteroatoms. The summed E-state index contributed by atoms with van der Waals surface area (Å²) >= 11 is 0. The Morgan fingerprint density at radius 1 is 1.42 bits per heavy atom. The minimum Gasteiger partial charge on any atom is -0.451 e. The molecular formula is C15H22O4. The Morgan fingerprint density at radius 2 is 2.05 bits per heavy atom. The molecule has 0 bridgehead atoms. The molecule has 1 spiro atoms. The maximum absolute atomic E-state index is 12.3. The van der Waals surface area contributed by atoms with Gasteiger partial charge in [-0.25, -0.2) is 4.79 Å². The molecule has 2 aliphatic rings. The van der Waals surface area contributed by atoms with Gasteiger partial charge in [-0.2, -0.15) is 0 Å². The van der Waals surface area contributed by atoms with E-state index in [0.717, 1.165) is 25.7 Å². The smallest absolute Gasteiger partial charge is 0.346 e. The first-order valence-electron chi connectivity index (χ1n) is 6.98. The first kappa shape index (κ1) is 14.3. The molecule has 1 aliphatic heterocycles. The Balaban J connectivity index is 2.50. The summed E-state index contributed by atoms with van der Waals surface area (Å²) in [6, 6.07) is 0. The molecule has 2 rings (SSSR count). The summed E-state index contributed by atoms with van der Waals surface area (Å²) in [6.07, 6.45) is 3.71. The summed E-state index contributed by atoms with van der Waals surface area (Å²) in [5.74, 6) is -1.26. The number of aliphatic hydroxyl groups is 1. The van der Waals surface area contributed by atoms with Crippen molar-refractivity contribution in [1.82, 2.24) is 0 Å². The van der Waals surface area contributed by atoms with E-state index in [4.69, 9.17) is 4.74 Å². The van der Waals surface area contributed by atoms with Gasteiger partial charge in [0.2, 0.25) is 11.4 Å². The van der Waals surface area contributed by atoms with Crippen molar-refractivity contribution < 1.29 is 19.4 Å². The fraction of sp³-hybridized carbons (Fsp3) is 0.733. The number of carbonyl (C=O) groups excluding carboxylic acids is 2. The topological polar surface area (TPSA) is 63.6 Å². The zero-order chi connectivity index (χ0) is 14.4. The highest BCUT2D eigenvalue weighted by atomic mass is 16.6. The number of hydrogen-bond acceptors (Lipinski definition) is 4. The average molecular weight is 266 g/mol. The molecule has 1 heterocycles. The highest BCUT2D eigenvalue weighted by Crippen LogP contribution is 2.50. The van der Waals surface area contributed by atoms with Crippen LogP contribution in [0.3, 0.4) is 0 Å². The number of Topliss-reactive ketones (excluding diaryl/α,β-unsaturated/α-hetero) is 1. The Morgan fingerprint density at radius 3 is 2.63 bits per heavy atom. The van der Waals surface area contributed by atoms with Gasteiger partial charge in [0.25, 0.3) is 0 Å². The minimum atomic E-state index is -2.09. The quantitative estimate of drug-likeness (QED) is 0.448. The standard InChI is InChI=1S/C15H22O4/c1-5-11-8-6-7-9(2)15(11)10(3)12(16)14(4,18)13(17)19-15/h9,11,18H,3,5-8H2,1-2,4H3/t9-,11+,14-,15+/m1/s1. The normalized spacial score (nSPS) is 43.5. The van der Waals surface area contributed by atoms with Gasteiger partial charge in [-0.1, -0.05) is 26.8 Å². The highest BCUT2D eigenvalue weighted by molar-refractivity contribution is 6.17. The van der Waals surface area contributed by atoms with Gasteiger partial charge in [-0.3, -0.25) is 4.79 Å². The number of hydrogen-bond donors (Lipinski definition) is 1. The molecule has 0 amide bonds. The first-order chi connectivity index (χ1) is 8.78. The van der Waals surface area contributed by atoms with Crippen molar-refractivity contribution in [2.75, 3.05) is 0 Å². The van der Waals surface area contributed by atoms with E-state index in [9.17, 15) is 14.7 Å². The molecule has 1 aliphatic carbocycles. The zero-order valence-electron chi connectivity index (χ0n) is 11.9. The third-order valence-electron chi connectivity index (χ3n) is 4.87. The van der Waals surface area contributed by atoms with E-state index in [1.807, 2.05) is 13.8 Å². The maximum atomic E-state index is 12.3. The Kier molecular flexibility index (Phi) is 3.33. The van der Waals surface area contributed by atoms with Gasteiger partial charge in [0.05, 0.1) is 0 Å². The maximum Gasteiger partial charge on any atom is 0.346 e. The SMILES string of the molecule is C=C1C(=O)[C@@](C)(O)C(=O)O[C@]12[C@@H](CC)CCC[C@H]2C. The van der Waals surface area contributed by atoms with E-state index in [0.29, 0.717) is 0 Å². The van der Waals surface area contributed by atoms with Gasteiger partial charge >= 0.3 is 5.97 Å². The van der Waals surface area contributed by atoms with Crippen LogP contribution in [0.15, 0.2) is 12.2 Å². The zero-order valence-corrected chi connectivity index (χ0v) is 11.9. The molecule has 0 aromatic heterocycles. The van der Waals surface area contributed by atoms with E-state index in [1.165, 1.54) is 6.92 Å². The molecule has 4 atom stereocenters. The number of esters is 1. The van der Waals surface area contributed by atoms with Gasteiger partial charge in [0, 0.05) is 17.4 Å². The lowest BCUT2D eigenvalue weighted by Gasteiger charge is -2.52. The summed E-state index contributed by atoms with van der Waals surface area (Å²) < 4.78 is 5.62. The molecule has 1 saturated heterocycles. The van der Waals surface area contributed by atoms with Crippen molar-refractivity contribution in [2.24, 2.45) is 11.8 Å². The van der Waals surface area contributed by atoms with E-state index in [-0.39, 0.29) is 17.4 Å². The van der Waals surface area contributed by atoms with E-state index >= 15 is 0 Å². The highest BCUT2D eigenvalue weighted by Gasteiger charge is 2.61. The number of ether oxygens (including phenoxy) is 1. The summed E-state index contributed by atoms with van der Waals surface area (Å²) in [5.41, 5.74) is -2.74. The number of rotatable bonds is 1. The van der Waals surface area contributed by atoms with Crippen LogP contribution in [0.2, 0.25) is 0 Å². The molecule has 0 aromatic rings. The molecule has 2 fully saturated rings. The van der Waals surface area contributed by atoms with Crippen LogP contribution in [-0.2, 0) is 14.3 Å². The van der Waals surface area contributed by atoms with Gasteiger partial charge in [0.1, 0.15) is 5.60 Å². The van der Waals surface area contributed by atoms with Crippen LogP contribution >= 0.6 is 0 Å². The summed E-state index contributed by atoms with van der Waals surface area (Å²) in [4.78, 5) is 24.3. The lowest BCUT2D eigenvalue weighted by Crippen LogP contribution is -2.64. The Bertz CT molecular complexity index is 437. The van der Waals surface area contributed by atoms with Crippen LogP contribution in [0, 0.1) is 11.8 Å². The Labute approximate surface area is 113 Å². The number of carbonyl (C=O) groups is 2. The van der Waals surface area contributed by atoms with Crippen molar-refractivity contribution >= 4 is 11.8 Å². The molecule has 19 heavy (non-hydrogen) atoms. The molecule has 106 valence electrons. The lowest BCUT2D eigenvalue weighted by atomic mass is 9.61. The second-order valence-corrected chi connectivity index (χ2v) is 6.00. The lowest BCUT2D eigenvalue weighted by molar-refractivity contribution is -0.202. The van der Waals surface area contributed by atoms with Crippen LogP contribution < -0.4 is 0 Å². The summed E-state index contributed by atoms with van der Waals surface area (Å²) in [7, 11) is 0. The van der Waals surface area contributed by atoms with Gasteiger partial charge in [-0.15, -0.1) is 0 Å². The third-order valence-corrected chi connectivity index (χ3v) is 4.87.